The minimum atomic E-state index is 0. The fourth-order valence-corrected chi connectivity index (χ4v) is 3.04. The molecule has 1 saturated heterocycles. The first-order valence-electron chi connectivity index (χ1n) is 6.54. The van der Waals surface area contributed by atoms with E-state index in [1.165, 1.54) is 6.42 Å². The fourth-order valence-electron chi connectivity index (χ4n) is 2.58. The molecule has 0 aliphatic carbocycles. The van der Waals surface area contributed by atoms with Crippen molar-refractivity contribution in [3.8, 4) is 0 Å². The molecule has 1 aromatic heterocycles. The maximum absolute atomic E-state index is 12.6. The summed E-state index contributed by atoms with van der Waals surface area (Å²) in [6.07, 6.45) is 5.23. The van der Waals surface area contributed by atoms with Crippen LogP contribution in [-0.4, -0.2) is 34.5 Å². The van der Waals surface area contributed by atoms with Gasteiger partial charge in [0.1, 0.15) is 5.69 Å². The third-order valence-corrected chi connectivity index (χ3v) is 4.02. The molecule has 6 heteroatoms. The molecule has 1 atom stereocenters. The molecule has 0 saturated carbocycles. The van der Waals surface area contributed by atoms with Gasteiger partial charge in [-0.25, -0.2) is 0 Å². The van der Waals surface area contributed by atoms with Gasteiger partial charge in [0.15, 0.2) is 0 Å². The van der Waals surface area contributed by atoms with Crippen LogP contribution < -0.4 is 5.73 Å². The maximum Gasteiger partial charge on any atom is 0.270 e. The summed E-state index contributed by atoms with van der Waals surface area (Å²) in [4.78, 5) is 14.5. The quantitative estimate of drug-likeness (QED) is 0.911. The second kappa shape index (κ2) is 7.31. The van der Waals surface area contributed by atoms with Crippen LogP contribution >= 0.6 is 28.3 Å². The first kappa shape index (κ1) is 16.5. The lowest BCUT2D eigenvalue weighted by Crippen LogP contribution is -2.47. The zero-order chi connectivity index (χ0) is 13.1. The number of likely N-dealkylation sites (tertiary alicyclic amines) is 1. The SMILES string of the molecule is CCn1cc(Br)cc1C(=O)N1CCCCC1CN.Cl. The fraction of sp³-hybridized carbons (Fsp3) is 0.615. The van der Waals surface area contributed by atoms with E-state index in [0.29, 0.717) is 6.54 Å². The predicted octanol–water partition coefficient (Wildman–Crippen LogP) is 2.65. The van der Waals surface area contributed by atoms with Crippen molar-refractivity contribution < 1.29 is 4.79 Å². The highest BCUT2D eigenvalue weighted by Crippen LogP contribution is 2.22. The highest BCUT2D eigenvalue weighted by molar-refractivity contribution is 9.10. The number of carbonyl (C=O) groups excluding carboxylic acids is 1. The number of nitrogens with zero attached hydrogens (tertiary/aromatic N) is 2. The van der Waals surface area contributed by atoms with Crippen LogP contribution in [0, 0.1) is 0 Å². The van der Waals surface area contributed by atoms with Crippen molar-refractivity contribution >= 4 is 34.2 Å². The van der Waals surface area contributed by atoms with E-state index in [-0.39, 0.29) is 24.4 Å². The van der Waals surface area contributed by atoms with Crippen LogP contribution in [0.1, 0.15) is 36.7 Å². The molecule has 2 N–H and O–H groups in total. The van der Waals surface area contributed by atoms with Crippen LogP contribution in [0.3, 0.4) is 0 Å². The molecule has 0 bridgehead atoms. The van der Waals surface area contributed by atoms with Gasteiger partial charge in [-0.05, 0) is 48.2 Å². The largest absolute Gasteiger partial charge is 0.343 e. The summed E-state index contributed by atoms with van der Waals surface area (Å²) in [5.74, 6) is 0.109. The molecule has 1 aliphatic heterocycles. The molecule has 2 heterocycles. The van der Waals surface area contributed by atoms with Crippen molar-refractivity contribution in [1.29, 1.82) is 0 Å². The summed E-state index contributed by atoms with van der Waals surface area (Å²) >= 11 is 3.43. The van der Waals surface area contributed by atoms with Crippen LogP contribution in [0.5, 0.6) is 0 Å². The van der Waals surface area contributed by atoms with E-state index < -0.39 is 0 Å². The van der Waals surface area contributed by atoms with E-state index in [9.17, 15) is 4.79 Å². The molecule has 0 spiro atoms. The summed E-state index contributed by atoms with van der Waals surface area (Å²) in [5.41, 5.74) is 6.53. The third kappa shape index (κ3) is 3.52. The Bertz CT molecular complexity index is 436. The number of hydrogen-bond donors (Lipinski definition) is 1. The zero-order valence-electron chi connectivity index (χ0n) is 11.1. The second-order valence-electron chi connectivity index (χ2n) is 4.71. The Balaban J connectivity index is 0.00000180. The van der Waals surface area contributed by atoms with Gasteiger partial charge in [0.25, 0.3) is 5.91 Å². The van der Waals surface area contributed by atoms with Gasteiger partial charge in [0.2, 0.25) is 0 Å². The molecule has 1 aliphatic rings. The van der Waals surface area contributed by atoms with Gasteiger partial charge in [0.05, 0.1) is 0 Å². The number of aromatic nitrogens is 1. The van der Waals surface area contributed by atoms with Crippen LogP contribution in [0.25, 0.3) is 0 Å². The van der Waals surface area contributed by atoms with E-state index >= 15 is 0 Å². The Hall–Kier alpha value is -0.520. The molecule has 4 nitrogen and oxygen atoms in total. The van der Waals surface area contributed by atoms with Crippen molar-refractivity contribution in [2.24, 2.45) is 5.73 Å². The minimum Gasteiger partial charge on any atom is -0.343 e. The number of halogens is 2. The Morgan fingerprint density at radius 1 is 1.53 bits per heavy atom. The number of carbonyl (C=O) groups is 1. The average Bonchev–Trinajstić information content (AvgIpc) is 2.79. The topological polar surface area (TPSA) is 51.3 Å². The Morgan fingerprint density at radius 2 is 2.26 bits per heavy atom. The van der Waals surface area contributed by atoms with Gasteiger partial charge >= 0.3 is 0 Å². The van der Waals surface area contributed by atoms with Gasteiger partial charge < -0.3 is 15.2 Å². The van der Waals surface area contributed by atoms with Crippen molar-refractivity contribution in [2.45, 2.75) is 38.8 Å². The number of rotatable bonds is 3. The number of nitrogens with two attached hydrogens (primary N) is 1. The van der Waals surface area contributed by atoms with Crippen LogP contribution in [0.4, 0.5) is 0 Å². The average molecular weight is 351 g/mol. The Morgan fingerprint density at radius 3 is 2.89 bits per heavy atom. The molecule has 1 amide bonds. The number of piperidine rings is 1. The van der Waals surface area contributed by atoms with E-state index in [4.69, 9.17) is 5.73 Å². The summed E-state index contributed by atoms with van der Waals surface area (Å²) in [5, 5.41) is 0. The Kier molecular flexibility index (Phi) is 6.36. The van der Waals surface area contributed by atoms with Crippen LogP contribution in [0.2, 0.25) is 0 Å². The highest BCUT2D eigenvalue weighted by atomic mass is 79.9. The number of hydrogen-bond acceptors (Lipinski definition) is 2. The highest BCUT2D eigenvalue weighted by Gasteiger charge is 2.28. The number of aryl methyl sites for hydroxylation is 1. The lowest BCUT2D eigenvalue weighted by Gasteiger charge is -2.35. The third-order valence-electron chi connectivity index (χ3n) is 3.58. The molecule has 1 aromatic rings. The van der Waals surface area contributed by atoms with Crippen LogP contribution in [0.15, 0.2) is 16.7 Å². The maximum atomic E-state index is 12.6. The second-order valence-corrected chi connectivity index (χ2v) is 5.63. The van der Waals surface area contributed by atoms with Crippen LogP contribution in [-0.2, 0) is 6.54 Å². The van der Waals surface area contributed by atoms with Gasteiger partial charge in [-0.2, -0.15) is 0 Å². The smallest absolute Gasteiger partial charge is 0.270 e. The van der Waals surface area contributed by atoms with E-state index in [1.54, 1.807) is 0 Å². The van der Waals surface area contributed by atoms with Gasteiger partial charge in [-0.15, -0.1) is 12.4 Å². The number of amides is 1. The molecule has 108 valence electrons. The molecular weight excluding hydrogens is 330 g/mol. The molecule has 19 heavy (non-hydrogen) atoms. The minimum absolute atomic E-state index is 0. The van der Waals surface area contributed by atoms with Gasteiger partial charge in [-0.1, -0.05) is 0 Å². The van der Waals surface area contributed by atoms with E-state index in [0.717, 1.165) is 36.1 Å². The predicted molar refractivity (Wildman–Crippen MR) is 82.8 cm³/mol. The first-order valence-corrected chi connectivity index (χ1v) is 7.33. The normalized spacial score (nSPS) is 19.1. The molecule has 2 rings (SSSR count). The van der Waals surface area contributed by atoms with E-state index in [1.807, 2.05) is 28.7 Å². The van der Waals surface area contributed by atoms with Crippen molar-refractivity contribution in [3.63, 3.8) is 0 Å². The Labute approximate surface area is 128 Å². The van der Waals surface area contributed by atoms with Crippen molar-refractivity contribution in [1.82, 2.24) is 9.47 Å². The molecular formula is C13H21BrClN3O. The lowest BCUT2D eigenvalue weighted by atomic mass is 10.0. The van der Waals surface area contributed by atoms with Gasteiger partial charge in [-0.3, -0.25) is 4.79 Å². The standard InChI is InChI=1S/C13H20BrN3O.ClH/c1-2-16-9-10(14)7-12(16)13(18)17-6-4-3-5-11(17)8-15;/h7,9,11H,2-6,8,15H2,1H3;1H. The summed E-state index contributed by atoms with van der Waals surface area (Å²) < 4.78 is 2.93. The summed E-state index contributed by atoms with van der Waals surface area (Å²) in [6.45, 7) is 4.22. The lowest BCUT2D eigenvalue weighted by molar-refractivity contribution is 0.0612. The zero-order valence-corrected chi connectivity index (χ0v) is 13.5. The van der Waals surface area contributed by atoms with Crippen molar-refractivity contribution in [2.75, 3.05) is 13.1 Å². The van der Waals surface area contributed by atoms with E-state index in [2.05, 4.69) is 15.9 Å². The monoisotopic (exact) mass is 349 g/mol. The summed E-state index contributed by atoms with van der Waals surface area (Å²) in [7, 11) is 0. The van der Waals surface area contributed by atoms with Crippen molar-refractivity contribution in [3.05, 3.63) is 22.4 Å². The first-order chi connectivity index (χ1) is 8.67. The summed E-state index contributed by atoms with van der Waals surface area (Å²) in [6, 6.07) is 2.10. The molecule has 0 radical (unpaired) electrons. The molecule has 1 unspecified atom stereocenters. The molecule has 1 fully saturated rings. The van der Waals surface area contributed by atoms with Gasteiger partial charge in [0, 0.05) is 36.3 Å². The molecule has 0 aromatic carbocycles.